The number of hydrogen-bond acceptors (Lipinski definition) is 5. The summed E-state index contributed by atoms with van der Waals surface area (Å²) in [6.07, 6.45) is 6.11. The molecule has 4 nitrogen and oxygen atoms in total. The van der Waals surface area contributed by atoms with Crippen molar-refractivity contribution >= 4 is 11.3 Å². The fraction of sp³-hybridized carbons (Fsp3) is 0.455. The summed E-state index contributed by atoms with van der Waals surface area (Å²) in [5.41, 5.74) is 1.06. The van der Waals surface area contributed by atoms with Crippen LogP contribution in [0.3, 0.4) is 0 Å². The lowest BCUT2D eigenvalue weighted by atomic mass is 10.2. The molecule has 1 saturated heterocycles. The second-order valence-corrected chi connectivity index (χ2v) is 5.07. The van der Waals surface area contributed by atoms with E-state index in [9.17, 15) is 0 Å². The summed E-state index contributed by atoms with van der Waals surface area (Å²) in [5, 5.41) is 8.42. The molecule has 1 unspecified atom stereocenters. The van der Waals surface area contributed by atoms with E-state index < -0.39 is 0 Å². The number of nitrogens with zero attached hydrogens (tertiary/aromatic N) is 2. The van der Waals surface area contributed by atoms with E-state index in [4.69, 9.17) is 4.52 Å². The van der Waals surface area contributed by atoms with Crippen molar-refractivity contribution in [3.05, 3.63) is 23.2 Å². The average Bonchev–Trinajstić information content (AvgIpc) is 2.96. The maximum absolute atomic E-state index is 5.07. The molecule has 0 bridgehead atoms. The van der Waals surface area contributed by atoms with Crippen LogP contribution in [0.4, 0.5) is 0 Å². The lowest BCUT2D eigenvalue weighted by Crippen LogP contribution is -2.12. The number of hydrogen-bond donors (Lipinski definition) is 1. The Morgan fingerprint density at radius 2 is 2.44 bits per heavy atom. The lowest BCUT2D eigenvalue weighted by molar-refractivity contribution is 0.398. The molecule has 2 aromatic heterocycles. The van der Waals surface area contributed by atoms with Crippen molar-refractivity contribution in [2.45, 2.75) is 25.8 Å². The van der Waals surface area contributed by atoms with Gasteiger partial charge < -0.3 is 9.84 Å². The van der Waals surface area contributed by atoms with Crippen LogP contribution in [0.5, 0.6) is 0 Å². The molecule has 3 rings (SSSR count). The molecule has 3 heterocycles. The normalized spacial score (nSPS) is 20.4. The molecule has 84 valence electrons. The first-order chi connectivity index (χ1) is 7.84. The van der Waals surface area contributed by atoms with Gasteiger partial charge in [-0.3, -0.25) is 0 Å². The SMILES string of the molecule is Cc1oncc1-c1cnc(C2CCCN2)s1. The van der Waals surface area contributed by atoms with Gasteiger partial charge in [0, 0.05) is 6.20 Å². The minimum atomic E-state index is 0.443. The van der Waals surface area contributed by atoms with E-state index in [1.165, 1.54) is 17.8 Å². The van der Waals surface area contributed by atoms with E-state index in [0.717, 1.165) is 22.7 Å². The van der Waals surface area contributed by atoms with E-state index >= 15 is 0 Å². The molecule has 1 atom stereocenters. The van der Waals surface area contributed by atoms with E-state index in [2.05, 4.69) is 15.5 Å². The van der Waals surface area contributed by atoms with Gasteiger partial charge >= 0.3 is 0 Å². The van der Waals surface area contributed by atoms with Gasteiger partial charge in [-0.15, -0.1) is 11.3 Å². The summed E-state index contributed by atoms with van der Waals surface area (Å²) >= 11 is 1.73. The lowest BCUT2D eigenvalue weighted by Gasteiger charge is -2.03. The Hall–Kier alpha value is -1.20. The fourth-order valence-electron chi connectivity index (χ4n) is 2.00. The van der Waals surface area contributed by atoms with Crippen molar-refractivity contribution in [3.8, 4) is 10.4 Å². The van der Waals surface area contributed by atoms with E-state index in [-0.39, 0.29) is 0 Å². The Morgan fingerprint density at radius 3 is 3.12 bits per heavy atom. The largest absolute Gasteiger partial charge is 0.361 e. The van der Waals surface area contributed by atoms with Gasteiger partial charge in [-0.2, -0.15) is 0 Å². The number of thiazole rings is 1. The summed E-state index contributed by atoms with van der Waals surface area (Å²) in [4.78, 5) is 5.62. The predicted octanol–water partition coefficient (Wildman–Crippen LogP) is 2.53. The number of aryl methyl sites for hydroxylation is 1. The van der Waals surface area contributed by atoms with Crippen LogP contribution in [0.2, 0.25) is 0 Å². The Kier molecular flexibility index (Phi) is 2.49. The van der Waals surface area contributed by atoms with Gasteiger partial charge in [0.25, 0.3) is 0 Å². The second kappa shape index (κ2) is 3.99. The molecule has 2 aromatic rings. The van der Waals surface area contributed by atoms with Gasteiger partial charge in [-0.25, -0.2) is 4.98 Å². The fourth-order valence-corrected chi connectivity index (χ4v) is 3.09. The Bertz CT molecular complexity index is 485. The van der Waals surface area contributed by atoms with Crippen LogP contribution < -0.4 is 5.32 Å². The van der Waals surface area contributed by atoms with Crippen LogP contribution in [0.25, 0.3) is 10.4 Å². The standard InChI is InChI=1S/C11H13N3OS/c1-7-8(5-14-15-7)10-6-13-11(16-10)9-3-2-4-12-9/h5-6,9,12H,2-4H2,1H3. The van der Waals surface area contributed by atoms with Gasteiger partial charge in [0.2, 0.25) is 0 Å². The first-order valence-electron chi connectivity index (χ1n) is 5.45. The smallest absolute Gasteiger partial charge is 0.142 e. The average molecular weight is 235 g/mol. The zero-order chi connectivity index (χ0) is 11.0. The molecule has 1 fully saturated rings. The third-order valence-electron chi connectivity index (χ3n) is 2.90. The van der Waals surface area contributed by atoms with Gasteiger partial charge in [-0.1, -0.05) is 5.16 Å². The van der Waals surface area contributed by atoms with Crippen molar-refractivity contribution in [1.82, 2.24) is 15.5 Å². The van der Waals surface area contributed by atoms with Crippen LogP contribution in [-0.2, 0) is 0 Å². The van der Waals surface area contributed by atoms with E-state index in [1.54, 1.807) is 17.5 Å². The van der Waals surface area contributed by atoms with Gasteiger partial charge in [-0.05, 0) is 26.3 Å². The van der Waals surface area contributed by atoms with Gasteiger partial charge in [0.05, 0.1) is 22.7 Å². The number of rotatable bonds is 2. The minimum absolute atomic E-state index is 0.443. The monoisotopic (exact) mass is 235 g/mol. The zero-order valence-corrected chi connectivity index (χ0v) is 9.88. The third kappa shape index (κ3) is 1.66. The highest BCUT2D eigenvalue weighted by Crippen LogP contribution is 2.33. The molecule has 1 aliphatic heterocycles. The molecular weight excluding hydrogens is 222 g/mol. The molecule has 0 saturated carbocycles. The van der Waals surface area contributed by atoms with E-state index in [0.29, 0.717) is 6.04 Å². The quantitative estimate of drug-likeness (QED) is 0.869. The molecule has 0 radical (unpaired) electrons. The summed E-state index contributed by atoms with van der Waals surface area (Å²) in [6, 6.07) is 0.443. The molecule has 0 aliphatic carbocycles. The summed E-state index contributed by atoms with van der Waals surface area (Å²) < 4.78 is 5.07. The maximum atomic E-state index is 5.07. The topological polar surface area (TPSA) is 51.0 Å². The van der Waals surface area contributed by atoms with Crippen LogP contribution in [0.1, 0.15) is 29.7 Å². The van der Waals surface area contributed by atoms with Crippen molar-refractivity contribution < 1.29 is 4.52 Å². The van der Waals surface area contributed by atoms with Crippen LogP contribution in [-0.4, -0.2) is 16.7 Å². The van der Waals surface area contributed by atoms with Crippen molar-refractivity contribution in [1.29, 1.82) is 0 Å². The van der Waals surface area contributed by atoms with Crippen molar-refractivity contribution in [2.24, 2.45) is 0 Å². The maximum Gasteiger partial charge on any atom is 0.142 e. The molecule has 0 spiro atoms. The summed E-state index contributed by atoms with van der Waals surface area (Å²) in [7, 11) is 0. The first kappa shape index (κ1) is 9.99. The minimum Gasteiger partial charge on any atom is -0.361 e. The van der Waals surface area contributed by atoms with Crippen LogP contribution in [0.15, 0.2) is 16.9 Å². The zero-order valence-electron chi connectivity index (χ0n) is 9.06. The molecule has 0 aromatic carbocycles. The molecule has 1 N–H and O–H groups in total. The first-order valence-corrected chi connectivity index (χ1v) is 6.27. The molecule has 16 heavy (non-hydrogen) atoms. The number of nitrogens with one attached hydrogen (secondary N) is 1. The Balaban J connectivity index is 1.90. The highest BCUT2D eigenvalue weighted by Gasteiger charge is 2.20. The molecule has 5 heteroatoms. The van der Waals surface area contributed by atoms with Crippen molar-refractivity contribution in [2.75, 3.05) is 6.54 Å². The summed E-state index contributed by atoms with van der Waals surface area (Å²) in [6.45, 7) is 3.03. The van der Waals surface area contributed by atoms with Crippen molar-refractivity contribution in [3.63, 3.8) is 0 Å². The Morgan fingerprint density at radius 1 is 1.50 bits per heavy atom. The second-order valence-electron chi connectivity index (χ2n) is 4.01. The van der Waals surface area contributed by atoms with Gasteiger partial charge in [0.1, 0.15) is 10.8 Å². The van der Waals surface area contributed by atoms with Crippen LogP contribution in [0, 0.1) is 6.92 Å². The molecule has 1 aliphatic rings. The molecular formula is C11H13N3OS. The number of aromatic nitrogens is 2. The van der Waals surface area contributed by atoms with Gasteiger partial charge in [0.15, 0.2) is 0 Å². The predicted molar refractivity (Wildman–Crippen MR) is 62.3 cm³/mol. The highest BCUT2D eigenvalue weighted by molar-refractivity contribution is 7.15. The van der Waals surface area contributed by atoms with Crippen LogP contribution >= 0.6 is 11.3 Å². The Labute approximate surface area is 97.7 Å². The molecule has 0 amide bonds. The summed E-state index contributed by atoms with van der Waals surface area (Å²) in [5.74, 6) is 0.856. The van der Waals surface area contributed by atoms with E-state index in [1.807, 2.05) is 13.1 Å². The third-order valence-corrected chi connectivity index (χ3v) is 4.04. The highest BCUT2D eigenvalue weighted by atomic mass is 32.1.